The van der Waals surface area contributed by atoms with Crippen molar-refractivity contribution in [2.45, 2.75) is 64.8 Å². The van der Waals surface area contributed by atoms with Gasteiger partial charge in [-0.1, -0.05) is 19.3 Å². The first kappa shape index (κ1) is 14.3. The predicted octanol–water partition coefficient (Wildman–Crippen LogP) is 3.28. The van der Waals surface area contributed by atoms with E-state index in [0.717, 1.165) is 18.4 Å². The number of fused-ring (bicyclic) bond motifs is 1. The minimum atomic E-state index is 0.274. The fraction of sp³-hybridized carbons (Fsp3) is 1.00. The van der Waals surface area contributed by atoms with Gasteiger partial charge in [0.25, 0.3) is 0 Å². The maximum Gasteiger partial charge on any atom is 0.00965 e. The molecule has 1 aliphatic carbocycles. The smallest absolute Gasteiger partial charge is 0.00965 e. The van der Waals surface area contributed by atoms with Crippen LogP contribution in [0, 0.1) is 11.8 Å². The van der Waals surface area contributed by atoms with Crippen LogP contribution in [0.15, 0.2) is 0 Å². The molecule has 0 spiro atoms. The standard InChI is InChI=1S/C16H32N2/c1-16(2,3)17-10-6-11-18-12-9-14-7-4-5-8-15(14)13-18/h14-15,17H,4-13H2,1-3H3. The quantitative estimate of drug-likeness (QED) is 0.773. The Morgan fingerprint density at radius 3 is 2.50 bits per heavy atom. The molecule has 2 aliphatic rings. The largest absolute Gasteiger partial charge is 0.312 e. The second kappa shape index (κ2) is 6.38. The Hall–Kier alpha value is -0.0800. The molecule has 2 heteroatoms. The lowest BCUT2D eigenvalue weighted by molar-refractivity contribution is 0.0858. The van der Waals surface area contributed by atoms with Crippen molar-refractivity contribution in [3.05, 3.63) is 0 Å². The molecule has 0 bridgehead atoms. The average Bonchev–Trinajstić information content (AvgIpc) is 2.33. The highest BCUT2D eigenvalue weighted by molar-refractivity contribution is 4.83. The van der Waals surface area contributed by atoms with Crippen molar-refractivity contribution < 1.29 is 0 Å². The van der Waals surface area contributed by atoms with Gasteiger partial charge in [0.1, 0.15) is 0 Å². The van der Waals surface area contributed by atoms with Crippen molar-refractivity contribution in [3.8, 4) is 0 Å². The Morgan fingerprint density at radius 2 is 1.78 bits per heavy atom. The first-order valence-corrected chi connectivity index (χ1v) is 8.02. The third-order valence-corrected chi connectivity index (χ3v) is 4.68. The van der Waals surface area contributed by atoms with E-state index in [4.69, 9.17) is 0 Å². The zero-order chi connectivity index (χ0) is 13.0. The van der Waals surface area contributed by atoms with Crippen molar-refractivity contribution >= 4 is 0 Å². The maximum atomic E-state index is 3.59. The van der Waals surface area contributed by atoms with Gasteiger partial charge in [-0.05, 0) is 71.5 Å². The number of hydrogen-bond acceptors (Lipinski definition) is 2. The lowest BCUT2D eigenvalue weighted by Gasteiger charge is -2.41. The highest BCUT2D eigenvalue weighted by atomic mass is 15.1. The van der Waals surface area contributed by atoms with Crippen LogP contribution in [-0.4, -0.2) is 36.6 Å². The third kappa shape index (κ3) is 4.55. The van der Waals surface area contributed by atoms with Gasteiger partial charge < -0.3 is 10.2 Å². The summed E-state index contributed by atoms with van der Waals surface area (Å²) in [5.41, 5.74) is 0.274. The van der Waals surface area contributed by atoms with Crippen LogP contribution in [0.2, 0.25) is 0 Å². The van der Waals surface area contributed by atoms with Crippen molar-refractivity contribution in [2.75, 3.05) is 26.2 Å². The number of nitrogens with one attached hydrogen (secondary N) is 1. The molecule has 18 heavy (non-hydrogen) atoms. The normalized spacial score (nSPS) is 30.2. The molecule has 1 saturated heterocycles. The molecule has 2 atom stereocenters. The van der Waals surface area contributed by atoms with Gasteiger partial charge in [0.05, 0.1) is 0 Å². The number of likely N-dealkylation sites (tertiary alicyclic amines) is 1. The maximum absolute atomic E-state index is 3.59. The highest BCUT2D eigenvalue weighted by Gasteiger charge is 2.30. The van der Waals surface area contributed by atoms with E-state index in [1.165, 1.54) is 58.2 Å². The summed E-state index contributed by atoms with van der Waals surface area (Å²) < 4.78 is 0. The van der Waals surface area contributed by atoms with Gasteiger partial charge in [0.2, 0.25) is 0 Å². The SMILES string of the molecule is CC(C)(C)NCCCN1CCC2CCCCC2C1. The predicted molar refractivity (Wildman–Crippen MR) is 78.9 cm³/mol. The summed E-state index contributed by atoms with van der Waals surface area (Å²) >= 11 is 0. The molecule has 2 nitrogen and oxygen atoms in total. The molecule has 106 valence electrons. The Kier molecular flexibility index (Phi) is 5.08. The molecular weight excluding hydrogens is 220 g/mol. The molecule has 2 rings (SSSR count). The molecule has 1 saturated carbocycles. The van der Waals surface area contributed by atoms with Crippen molar-refractivity contribution in [1.29, 1.82) is 0 Å². The van der Waals surface area contributed by atoms with E-state index in [1.54, 1.807) is 0 Å². The van der Waals surface area contributed by atoms with Gasteiger partial charge in [0.15, 0.2) is 0 Å². The summed E-state index contributed by atoms with van der Waals surface area (Å²) in [5, 5.41) is 3.59. The Bertz CT molecular complexity index is 244. The zero-order valence-corrected chi connectivity index (χ0v) is 12.7. The number of nitrogens with zero attached hydrogens (tertiary/aromatic N) is 1. The van der Waals surface area contributed by atoms with Crippen LogP contribution in [0.4, 0.5) is 0 Å². The Labute approximate surface area is 114 Å². The summed E-state index contributed by atoms with van der Waals surface area (Å²) in [6.07, 6.45) is 8.77. The van der Waals surface area contributed by atoms with Crippen LogP contribution >= 0.6 is 0 Å². The van der Waals surface area contributed by atoms with E-state index in [9.17, 15) is 0 Å². The van der Waals surface area contributed by atoms with Gasteiger partial charge >= 0.3 is 0 Å². The van der Waals surface area contributed by atoms with Crippen LogP contribution in [0.25, 0.3) is 0 Å². The lowest BCUT2D eigenvalue weighted by Crippen LogP contribution is -2.43. The number of hydrogen-bond donors (Lipinski definition) is 1. The van der Waals surface area contributed by atoms with E-state index in [2.05, 4.69) is 31.0 Å². The second-order valence-electron chi connectivity index (χ2n) is 7.42. The molecule has 2 fully saturated rings. The fourth-order valence-electron chi connectivity index (χ4n) is 3.65. The summed E-state index contributed by atoms with van der Waals surface area (Å²) in [6, 6.07) is 0. The van der Waals surface area contributed by atoms with Crippen LogP contribution in [0.5, 0.6) is 0 Å². The first-order chi connectivity index (χ1) is 8.54. The van der Waals surface area contributed by atoms with E-state index >= 15 is 0 Å². The minimum absolute atomic E-state index is 0.274. The Balaban J connectivity index is 1.62. The van der Waals surface area contributed by atoms with Crippen molar-refractivity contribution in [2.24, 2.45) is 11.8 Å². The molecule has 0 amide bonds. The topological polar surface area (TPSA) is 15.3 Å². The molecule has 1 aliphatic heterocycles. The molecule has 0 radical (unpaired) electrons. The summed E-state index contributed by atoms with van der Waals surface area (Å²) in [4.78, 5) is 2.72. The summed E-state index contributed by atoms with van der Waals surface area (Å²) in [7, 11) is 0. The van der Waals surface area contributed by atoms with Gasteiger partial charge in [0, 0.05) is 12.1 Å². The second-order valence-corrected chi connectivity index (χ2v) is 7.42. The Morgan fingerprint density at radius 1 is 1.06 bits per heavy atom. The third-order valence-electron chi connectivity index (χ3n) is 4.68. The molecule has 2 unspecified atom stereocenters. The molecule has 1 N–H and O–H groups in total. The van der Waals surface area contributed by atoms with Gasteiger partial charge in [-0.25, -0.2) is 0 Å². The molecular formula is C16H32N2. The molecule has 0 aromatic carbocycles. The van der Waals surface area contributed by atoms with Crippen LogP contribution in [-0.2, 0) is 0 Å². The van der Waals surface area contributed by atoms with E-state index in [0.29, 0.717) is 0 Å². The van der Waals surface area contributed by atoms with Crippen molar-refractivity contribution in [1.82, 2.24) is 10.2 Å². The van der Waals surface area contributed by atoms with Gasteiger partial charge in [-0.3, -0.25) is 0 Å². The van der Waals surface area contributed by atoms with Crippen LogP contribution < -0.4 is 5.32 Å². The van der Waals surface area contributed by atoms with Crippen LogP contribution in [0.1, 0.15) is 59.3 Å². The highest BCUT2D eigenvalue weighted by Crippen LogP contribution is 2.35. The van der Waals surface area contributed by atoms with Gasteiger partial charge in [-0.15, -0.1) is 0 Å². The molecule has 0 aromatic heterocycles. The van der Waals surface area contributed by atoms with E-state index in [1.807, 2.05) is 0 Å². The lowest BCUT2D eigenvalue weighted by atomic mass is 9.75. The fourth-order valence-corrected chi connectivity index (χ4v) is 3.65. The summed E-state index contributed by atoms with van der Waals surface area (Å²) in [6.45, 7) is 12.0. The number of rotatable bonds is 4. The molecule has 1 heterocycles. The first-order valence-electron chi connectivity index (χ1n) is 8.02. The van der Waals surface area contributed by atoms with Gasteiger partial charge in [-0.2, -0.15) is 0 Å². The summed E-state index contributed by atoms with van der Waals surface area (Å²) in [5.74, 6) is 2.10. The average molecular weight is 252 g/mol. The monoisotopic (exact) mass is 252 g/mol. The number of piperidine rings is 1. The minimum Gasteiger partial charge on any atom is -0.312 e. The zero-order valence-electron chi connectivity index (χ0n) is 12.7. The van der Waals surface area contributed by atoms with Crippen molar-refractivity contribution in [3.63, 3.8) is 0 Å². The van der Waals surface area contributed by atoms with E-state index in [-0.39, 0.29) is 5.54 Å². The van der Waals surface area contributed by atoms with Crippen LogP contribution in [0.3, 0.4) is 0 Å². The molecule has 0 aromatic rings. The van der Waals surface area contributed by atoms with E-state index < -0.39 is 0 Å².